The molecule has 1 aromatic heterocycles. The maximum Gasteiger partial charge on any atom is 0.243 e. The number of carbonyl (C=O) groups excluding carboxylic acids is 1. The lowest BCUT2D eigenvalue weighted by atomic mass is 9.96. The van der Waals surface area contributed by atoms with Crippen LogP contribution in [0.25, 0.3) is 11.0 Å². The average molecular weight is 455 g/mol. The summed E-state index contributed by atoms with van der Waals surface area (Å²) in [5.74, 6) is 0.489. The molecule has 0 bridgehead atoms. The SMILES string of the molecule is Cc1ccc(S(=O)(=O)N2CCC(C(=O)NC(C)c3oc4ccccc4c3C)CC2)cc1C. The number of carbonyl (C=O) groups is 1. The van der Waals surface area contributed by atoms with Crippen molar-refractivity contribution in [2.75, 3.05) is 13.1 Å². The summed E-state index contributed by atoms with van der Waals surface area (Å²) in [6.45, 7) is 8.47. The van der Waals surface area contributed by atoms with Crippen LogP contribution >= 0.6 is 0 Å². The predicted molar refractivity (Wildman–Crippen MR) is 125 cm³/mol. The van der Waals surface area contributed by atoms with Crippen molar-refractivity contribution in [3.8, 4) is 0 Å². The van der Waals surface area contributed by atoms with Gasteiger partial charge in [-0.15, -0.1) is 0 Å². The number of rotatable bonds is 5. The van der Waals surface area contributed by atoms with Crippen molar-refractivity contribution in [3.05, 3.63) is 64.9 Å². The average Bonchev–Trinajstić information content (AvgIpc) is 3.12. The standard InChI is InChI=1S/C25H30N2O4S/c1-16-9-10-21(15-17(16)2)32(29,30)27-13-11-20(12-14-27)25(28)26-19(4)24-18(3)22-7-5-6-8-23(22)31-24/h5-10,15,19-20H,11-14H2,1-4H3,(H,26,28). The summed E-state index contributed by atoms with van der Waals surface area (Å²) in [5.41, 5.74) is 3.86. The highest BCUT2D eigenvalue weighted by atomic mass is 32.2. The summed E-state index contributed by atoms with van der Waals surface area (Å²) in [6.07, 6.45) is 1.00. The van der Waals surface area contributed by atoms with E-state index in [0.717, 1.165) is 33.4 Å². The Morgan fingerprint density at radius 3 is 2.41 bits per heavy atom. The number of piperidine rings is 1. The molecule has 1 N–H and O–H groups in total. The summed E-state index contributed by atoms with van der Waals surface area (Å²) in [4.78, 5) is 13.2. The van der Waals surface area contributed by atoms with Gasteiger partial charge < -0.3 is 9.73 Å². The van der Waals surface area contributed by atoms with Crippen LogP contribution in [-0.4, -0.2) is 31.7 Å². The second kappa shape index (κ2) is 8.71. The molecular formula is C25H30N2O4S. The van der Waals surface area contributed by atoms with E-state index < -0.39 is 10.0 Å². The molecule has 6 nitrogen and oxygen atoms in total. The van der Waals surface area contributed by atoms with E-state index in [1.807, 2.05) is 58.0 Å². The molecule has 1 amide bonds. The fraction of sp³-hybridized carbons (Fsp3) is 0.400. The fourth-order valence-corrected chi connectivity index (χ4v) is 5.94. The van der Waals surface area contributed by atoms with Crippen molar-refractivity contribution in [1.82, 2.24) is 9.62 Å². The molecule has 7 heteroatoms. The Bertz CT molecular complexity index is 1250. The molecule has 2 aromatic carbocycles. The highest BCUT2D eigenvalue weighted by molar-refractivity contribution is 7.89. The number of hydrogen-bond donors (Lipinski definition) is 1. The lowest BCUT2D eigenvalue weighted by Crippen LogP contribution is -2.43. The molecule has 1 aliphatic rings. The van der Waals surface area contributed by atoms with E-state index in [1.165, 1.54) is 4.31 Å². The van der Waals surface area contributed by atoms with Gasteiger partial charge in [-0.2, -0.15) is 4.31 Å². The molecule has 1 aliphatic heterocycles. The van der Waals surface area contributed by atoms with Crippen LogP contribution in [0.3, 0.4) is 0 Å². The van der Waals surface area contributed by atoms with Crippen LogP contribution in [0.15, 0.2) is 51.8 Å². The molecule has 3 aromatic rings. The summed E-state index contributed by atoms with van der Waals surface area (Å²) in [5, 5.41) is 4.12. The van der Waals surface area contributed by atoms with Crippen molar-refractivity contribution >= 4 is 26.9 Å². The molecule has 1 saturated heterocycles. The van der Waals surface area contributed by atoms with Crippen LogP contribution < -0.4 is 5.32 Å². The number of amides is 1. The number of hydrogen-bond acceptors (Lipinski definition) is 4. The quantitative estimate of drug-likeness (QED) is 0.609. The number of nitrogens with one attached hydrogen (secondary N) is 1. The number of sulfonamides is 1. The first-order valence-electron chi connectivity index (χ1n) is 11.0. The zero-order valence-electron chi connectivity index (χ0n) is 19.0. The van der Waals surface area contributed by atoms with E-state index in [0.29, 0.717) is 30.8 Å². The van der Waals surface area contributed by atoms with Crippen LogP contribution in [0.1, 0.15) is 48.3 Å². The van der Waals surface area contributed by atoms with Gasteiger partial charge in [-0.05, 0) is 69.9 Å². The van der Waals surface area contributed by atoms with Gasteiger partial charge in [-0.25, -0.2) is 8.42 Å². The van der Waals surface area contributed by atoms with Crippen LogP contribution in [0.2, 0.25) is 0 Å². The van der Waals surface area contributed by atoms with Gasteiger partial charge in [-0.1, -0.05) is 24.3 Å². The number of fused-ring (bicyclic) bond motifs is 1. The Morgan fingerprint density at radius 1 is 1.06 bits per heavy atom. The van der Waals surface area contributed by atoms with Gasteiger partial charge in [-0.3, -0.25) is 4.79 Å². The molecule has 1 unspecified atom stereocenters. The lowest BCUT2D eigenvalue weighted by Gasteiger charge is -2.31. The Balaban J connectivity index is 1.39. The zero-order chi connectivity index (χ0) is 23.0. The van der Waals surface area contributed by atoms with E-state index in [4.69, 9.17) is 4.42 Å². The normalized spacial score (nSPS) is 16.9. The Labute approximate surface area is 189 Å². The van der Waals surface area contributed by atoms with Crippen LogP contribution in [0, 0.1) is 26.7 Å². The minimum atomic E-state index is -3.55. The van der Waals surface area contributed by atoms with Gasteiger partial charge in [0.2, 0.25) is 15.9 Å². The van der Waals surface area contributed by atoms with E-state index in [-0.39, 0.29) is 17.9 Å². The molecule has 0 aliphatic carbocycles. The van der Waals surface area contributed by atoms with Gasteiger partial charge in [0, 0.05) is 30.0 Å². The monoisotopic (exact) mass is 454 g/mol. The van der Waals surface area contributed by atoms with Crippen LogP contribution in [-0.2, 0) is 14.8 Å². The molecule has 1 atom stereocenters. The summed E-state index contributed by atoms with van der Waals surface area (Å²) < 4.78 is 33.5. The topological polar surface area (TPSA) is 79.6 Å². The number of nitrogens with zero attached hydrogens (tertiary/aromatic N) is 1. The van der Waals surface area contributed by atoms with Crippen molar-refractivity contribution in [1.29, 1.82) is 0 Å². The van der Waals surface area contributed by atoms with Crippen molar-refractivity contribution < 1.29 is 17.6 Å². The number of para-hydroxylation sites is 1. The van der Waals surface area contributed by atoms with Crippen LogP contribution in [0.4, 0.5) is 0 Å². The fourth-order valence-electron chi connectivity index (χ4n) is 4.38. The first kappa shape index (κ1) is 22.6. The molecule has 4 rings (SSSR count). The lowest BCUT2D eigenvalue weighted by molar-refractivity contribution is -0.126. The molecule has 170 valence electrons. The van der Waals surface area contributed by atoms with Crippen molar-refractivity contribution in [2.24, 2.45) is 5.92 Å². The minimum absolute atomic E-state index is 0.0550. The summed E-state index contributed by atoms with van der Waals surface area (Å²) in [6, 6.07) is 12.8. The second-order valence-electron chi connectivity index (χ2n) is 8.74. The van der Waals surface area contributed by atoms with Crippen molar-refractivity contribution in [2.45, 2.75) is 51.5 Å². The first-order valence-corrected chi connectivity index (χ1v) is 12.5. The maximum atomic E-state index is 13.0. The minimum Gasteiger partial charge on any atom is -0.459 e. The third-order valence-electron chi connectivity index (χ3n) is 6.57. The third-order valence-corrected chi connectivity index (χ3v) is 8.47. The predicted octanol–water partition coefficient (Wildman–Crippen LogP) is 4.64. The molecule has 32 heavy (non-hydrogen) atoms. The zero-order valence-corrected chi connectivity index (χ0v) is 19.8. The number of benzene rings is 2. The van der Waals surface area contributed by atoms with E-state index >= 15 is 0 Å². The molecule has 0 radical (unpaired) electrons. The number of furan rings is 1. The molecule has 2 heterocycles. The highest BCUT2D eigenvalue weighted by Gasteiger charge is 2.33. The molecule has 0 saturated carbocycles. The maximum absolute atomic E-state index is 13.0. The van der Waals surface area contributed by atoms with Crippen molar-refractivity contribution in [3.63, 3.8) is 0 Å². The first-order chi connectivity index (χ1) is 15.2. The summed E-state index contributed by atoms with van der Waals surface area (Å²) >= 11 is 0. The van der Waals surface area contributed by atoms with Gasteiger partial charge in [0.05, 0.1) is 10.9 Å². The van der Waals surface area contributed by atoms with E-state index in [9.17, 15) is 13.2 Å². The highest BCUT2D eigenvalue weighted by Crippen LogP contribution is 2.30. The molecule has 1 fully saturated rings. The second-order valence-corrected chi connectivity index (χ2v) is 10.7. The van der Waals surface area contributed by atoms with Gasteiger partial charge in [0.1, 0.15) is 11.3 Å². The Morgan fingerprint density at radius 2 is 1.75 bits per heavy atom. The van der Waals surface area contributed by atoms with E-state index in [2.05, 4.69) is 5.32 Å². The molecule has 0 spiro atoms. The summed E-state index contributed by atoms with van der Waals surface area (Å²) in [7, 11) is -3.55. The number of aryl methyl sites for hydroxylation is 3. The molecular weight excluding hydrogens is 424 g/mol. The largest absolute Gasteiger partial charge is 0.459 e. The third kappa shape index (κ3) is 4.19. The Kier molecular flexibility index (Phi) is 6.14. The van der Waals surface area contributed by atoms with Gasteiger partial charge in [0.25, 0.3) is 0 Å². The van der Waals surface area contributed by atoms with Crippen LogP contribution in [0.5, 0.6) is 0 Å². The Hall–Kier alpha value is -2.64. The van der Waals surface area contributed by atoms with Gasteiger partial charge in [0.15, 0.2) is 0 Å². The van der Waals surface area contributed by atoms with Gasteiger partial charge >= 0.3 is 0 Å². The smallest absolute Gasteiger partial charge is 0.243 e. The van der Waals surface area contributed by atoms with E-state index in [1.54, 1.807) is 12.1 Å².